The minimum absolute atomic E-state index is 0.306. The van der Waals surface area contributed by atoms with Crippen LogP contribution >= 0.6 is 23.2 Å². The lowest BCUT2D eigenvalue weighted by Gasteiger charge is -2.17. The molecule has 1 fully saturated rings. The third-order valence-corrected chi connectivity index (χ3v) is 4.91. The number of hydrogen-bond donors (Lipinski definition) is 1. The third-order valence-electron chi connectivity index (χ3n) is 4.10. The minimum Gasteiger partial charge on any atom is -0.397 e. The fourth-order valence-electron chi connectivity index (χ4n) is 2.98. The molecule has 2 aromatic rings. The summed E-state index contributed by atoms with van der Waals surface area (Å²) in [6.45, 7) is 4.54. The minimum atomic E-state index is 0.306. The van der Waals surface area contributed by atoms with Crippen molar-refractivity contribution >= 4 is 28.9 Å². The topological polar surface area (TPSA) is 69.6 Å². The second-order valence-corrected chi connectivity index (χ2v) is 7.15. The molecule has 21 heavy (non-hydrogen) atoms. The first-order chi connectivity index (χ1) is 9.87. The van der Waals surface area contributed by atoms with Gasteiger partial charge in [-0.15, -0.1) is 5.10 Å². The van der Waals surface area contributed by atoms with Gasteiger partial charge in [-0.1, -0.05) is 37.0 Å². The summed E-state index contributed by atoms with van der Waals surface area (Å²) in [6, 6.07) is 3.82. The highest BCUT2D eigenvalue weighted by atomic mass is 35.5. The predicted octanol–water partition coefficient (Wildman–Crippen LogP) is 3.98. The summed E-state index contributed by atoms with van der Waals surface area (Å²) in [5.74, 6) is 0.683. The van der Waals surface area contributed by atoms with Gasteiger partial charge in [-0.25, -0.2) is 4.68 Å². The van der Waals surface area contributed by atoms with Crippen LogP contribution in [0, 0.1) is 5.41 Å². The Morgan fingerprint density at radius 3 is 2.71 bits per heavy atom. The number of benzene rings is 1. The summed E-state index contributed by atoms with van der Waals surface area (Å²) in [5.41, 5.74) is 7.42. The Kier molecular flexibility index (Phi) is 3.58. The van der Waals surface area contributed by atoms with Crippen LogP contribution < -0.4 is 5.73 Å². The van der Waals surface area contributed by atoms with Crippen molar-refractivity contribution in [3.63, 3.8) is 0 Å². The molecule has 1 unspecified atom stereocenters. The Morgan fingerprint density at radius 2 is 2.10 bits per heavy atom. The number of nitrogen functional groups attached to an aromatic ring is 1. The summed E-state index contributed by atoms with van der Waals surface area (Å²) in [4.78, 5) is 0. The van der Waals surface area contributed by atoms with Crippen LogP contribution in [0.1, 0.15) is 39.2 Å². The normalized spacial score (nSPS) is 20.9. The van der Waals surface area contributed by atoms with Gasteiger partial charge in [0.25, 0.3) is 0 Å². The van der Waals surface area contributed by atoms with Crippen LogP contribution in [0.3, 0.4) is 0 Å². The number of nitrogens with two attached hydrogens (primary N) is 1. The quantitative estimate of drug-likeness (QED) is 0.848. The van der Waals surface area contributed by atoms with Crippen LogP contribution in [0.15, 0.2) is 12.1 Å². The summed E-state index contributed by atoms with van der Waals surface area (Å²) < 4.78 is 1.88. The molecule has 112 valence electrons. The second-order valence-electron chi connectivity index (χ2n) is 6.37. The number of nitrogens with zero attached hydrogens (tertiary/aromatic N) is 4. The molecular weight excluding hydrogens is 309 g/mol. The molecule has 1 heterocycles. The Balaban J connectivity index is 2.00. The maximum atomic E-state index is 6.10. The van der Waals surface area contributed by atoms with Crippen molar-refractivity contribution in [3.8, 4) is 11.4 Å². The van der Waals surface area contributed by atoms with Crippen molar-refractivity contribution in [1.29, 1.82) is 0 Å². The third kappa shape index (κ3) is 2.72. The van der Waals surface area contributed by atoms with E-state index in [1.807, 2.05) is 4.68 Å². The largest absolute Gasteiger partial charge is 0.397 e. The average molecular weight is 326 g/mol. The van der Waals surface area contributed by atoms with E-state index in [9.17, 15) is 0 Å². The number of hydrogen-bond acceptors (Lipinski definition) is 4. The molecule has 3 rings (SSSR count). The molecular formula is C14H17Cl2N5. The van der Waals surface area contributed by atoms with Crippen molar-refractivity contribution in [2.45, 2.75) is 39.2 Å². The Hall–Kier alpha value is -1.33. The molecule has 0 saturated heterocycles. The first kappa shape index (κ1) is 14.6. The van der Waals surface area contributed by atoms with E-state index in [4.69, 9.17) is 28.9 Å². The van der Waals surface area contributed by atoms with E-state index in [0.717, 1.165) is 18.4 Å². The Labute approximate surface area is 133 Å². The molecule has 2 N–H and O–H groups in total. The fourth-order valence-corrected chi connectivity index (χ4v) is 3.31. The van der Waals surface area contributed by atoms with Gasteiger partial charge in [0, 0.05) is 5.56 Å². The standard InChI is InChI=1S/C14H17Cl2N5/c1-14(2)4-3-9(7-14)21-13(18-19-20-21)8-5-10(15)12(16)11(17)6-8/h5-6,9H,3-4,7,17H2,1-2H3. The molecule has 1 aromatic heterocycles. The maximum absolute atomic E-state index is 6.10. The van der Waals surface area contributed by atoms with Gasteiger partial charge in [-0.05, 0) is 47.2 Å². The van der Waals surface area contributed by atoms with Gasteiger partial charge in [0.05, 0.1) is 21.8 Å². The van der Waals surface area contributed by atoms with E-state index < -0.39 is 0 Å². The summed E-state index contributed by atoms with van der Waals surface area (Å²) in [5, 5.41) is 12.9. The molecule has 5 nitrogen and oxygen atoms in total. The van der Waals surface area contributed by atoms with Gasteiger partial charge in [0.2, 0.25) is 0 Å². The smallest absolute Gasteiger partial charge is 0.182 e. The van der Waals surface area contributed by atoms with Crippen LogP contribution in [0.2, 0.25) is 10.0 Å². The fraction of sp³-hybridized carbons (Fsp3) is 0.500. The summed E-state index contributed by atoms with van der Waals surface area (Å²) >= 11 is 12.1. The van der Waals surface area contributed by atoms with Gasteiger partial charge in [0.15, 0.2) is 5.82 Å². The molecule has 0 aliphatic heterocycles. The lowest BCUT2D eigenvalue weighted by Crippen LogP contribution is -2.12. The number of anilines is 1. The zero-order chi connectivity index (χ0) is 15.2. The number of tetrazole rings is 1. The average Bonchev–Trinajstić information content (AvgIpc) is 3.01. The van der Waals surface area contributed by atoms with Crippen LogP contribution in [0.4, 0.5) is 5.69 Å². The zero-order valence-electron chi connectivity index (χ0n) is 12.0. The second kappa shape index (κ2) is 5.14. The number of aromatic nitrogens is 4. The monoisotopic (exact) mass is 325 g/mol. The van der Waals surface area contributed by atoms with Crippen LogP contribution in [-0.2, 0) is 0 Å². The van der Waals surface area contributed by atoms with Crippen molar-refractivity contribution < 1.29 is 0 Å². The van der Waals surface area contributed by atoms with Crippen molar-refractivity contribution in [3.05, 3.63) is 22.2 Å². The molecule has 1 aromatic carbocycles. The van der Waals surface area contributed by atoms with E-state index in [0.29, 0.717) is 33.0 Å². The molecule has 1 saturated carbocycles. The molecule has 0 amide bonds. The van der Waals surface area contributed by atoms with Gasteiger partial charge < -0.3 is 5.73 Å². The molecule has 1 aliphatic rings. The molecule has 0 spiro atoms. The van der Waals surface area contributed by atoms with Crippen LogP contribution in [0.25, 0.3) is 11.4 Å². The summed E-state index contributed by atoms with van der Waals surface area (Å²) in [6.07, 6.45) is 3.30. The van der Waals surface area contributed by atoms with Gasteiger partial charge in [-0.3, -0.25) is 0 Å². The summed E-state index contributed by atoms with van der Waals surface area (Å²) in [7, 11) is 0. The highest BCUT2D eigenvalue weighted by molar-refractivity contribution is 6.43. The first-order valence-electron chi connectivity index (χ1n) is 6.90. The van der Waals surface area contributed by atoms with E-state index in [1.165, 1.54) is 6.42 Å². The van der Waals surface area contributed by atoms with Crippen LogP contribution in [0.5, 0.6) is 0 Å². The van der Waals surface area contributed by atoms with Crippen LogP contribution in [-0.4, -0.2) is 20.2 Å². The van der Waals surface area contributed by atoms with E-state index in [1.54, 1.807) is 12.1 Å². The lowest BCUT2D eigenvalue weighted by atomic mass is 9.92. The van der Waals surface area contributed by atoms with Crippen molar-refractivity contribution in [2.24, 2.45) is 5.41 Å². The van der Waals surface area contributed by atoms with Gasteiger partial charge >= 0.3 is 0 Å². The highest BCUT2D eigenvalue weighted by Gasteiger charge is 2.34. The number of rotatable bonds is 2. The Bertz CT molecular complexity index is 657. The molecule has 1 aliphatic carbocycles. The zero-order valence-corrected chi connectivity index (χ0v) is 13.5. The van der Waals surface area contributed by atoms with Gasteiger partial charge in [-0.2, -0.15) is 0 Å². The van der Waals surface area contributed by atoms with Gasteiger partial charge in [0.1, 0.15) is 0 Å². The maximum Gasteiger partial charge on any atom is 0.182 e. The molecule has 0 radical (unpaired) electrons. The molecule has 7 heteroatoms. The number of halogens is 2. The lowest BCUT2D eigenvalue weighted by molar-refractivity contribution is 0.349. The SMILES string of the molecule is CC1(C)CCC(n2nnnc2-c2cc(N)c(Cl)c(Cl)c2)C1. The highest BCUT2D eigenvalue weighted by Crippen LogP contribution is 2.44. The van der Waals surface area contributed by atoms with E-state index in [2.05, 4.69) is 29.4 Å². The van der Waals surface area contributed by atoms with E-state index >= 15 is 0 Å². The first-order valence-corrected chi connectivity index (χ1v) is 7.66. The Morgan fingerprint density at radius 1 is 1.33 bits per heavy atom. The van der Waals surface area contributed by atoms with Crippen molar-refractivity contribution in [1.82, 2.24) is 20.2 Å². The predicted molar refractivity (Wildman–Crippen MR) is 84.4 cm³/mol. The van der Waals surface area contributed by atoms with E-state index in [-0.39, 0.29) is 0 Å². The molecule has 1 atom stereocenters. The molecule has 0 bridgehead atoms. The van der Waals surface area contributed by atoms with Crippen molar-refractivity contribution in [2.75, 3.05) is 5.73 Å².